The van der Waals surface area contributed by atoms with Crippen molar-refractivity contribution in [3.8, 4) is 23.7 Å². The van der Waals surface area contributed by atoms with Gasteiger partial charge in [-0.1, -0.05) is 67.9 Å². The maximum atomic E-state index is 5.76. The average Bonchev–Trinajstić information content (AvgIpc) is 2.52. The highest BCUT2D eigenvalue weighted by Crippen LogP contribution is 2.04. The molecule has 0 aromatic heterocycles. The minimum absolute atomic E-state index is 0.162. The van der Waals surface area contributed by atoms with Gasteiger partial charge in [-0.25, -0.2) is 0 Å². The van der Waals surface area contributed by atoms with Crippen LogP contribution in [0.25, 0.3) is 0 Å². The van der Waals surface area contributed by atoms with E-state index in [1.54, 1.807) is 0 Å². The number of unbranched alkanes of at least 4 members (excludes halogenated alkanes) is 3. The van der Waals surface area contributed by atoms with Crippen LogP contribution in [0.1, 0.15) is 57.9 Å². The van der Waals surface area contributed by atoms with Gasteiger partial charge in [-0.2, -0.15) is 0 Å². The van der Waals surface area contributed by atoms with Gasteiger partial charge in [0.15, 0.2) is 0 Å². The Balaban J connectivity index is 2.10. The average molecular weight is 282 g/mol. The van der Waals surface area contributed by atoms with Crippen LogP contribution in [0.5, 0.6) is 0 Å². The quantitative estimate of drug-likeness (QED) is 0.507. The zero-order valence-corrected chi connectivity index (χ0v) is 13.3. The Kier molecular flexibility index (Phi) is 9.97. The first kappa shape index (κ1) is 17.4. The SMILES string of the molecule is CCCCCC#CCC#CCC(C)OCc1ccccc1. The molecule has 1 aromatic rings. The summed E-state index contributed by atoms with van der Waals surface area (Å²) in [6, 6.07) is 10.2. The molecular weight excluding hydrogens is 256 g/mol. The van der Waals surface area contributed by atoms with Gasteiger partial charge in [0, 0.05) is 12.8 Å². The van der Waals surface area contributed by atoms with Gasteiger partial charge < -0.3 is 4.74 Å². The lowest BCUT2D eigenvalue weighted by Crippen LogP contribution is -2.06. The molecule has 0 N–H and O–H groups in total. The molecule has 0 amide bonds. The molecule has 1 heteroatoms. The zero-order chi connectivity index (χ0) is 15.2. The summed E-state index contributed by atoms with van der Waals surface area (Å²) in [5.41, 5.74) is 1.20. The predicted molar refractivity (Wildman–Crippen MR) is 89.6 cm³/mol. The van der Waals surface area contributed by atoms with Gasteiger partial charge in [0.2, 0.25) is 0 Å². The van der Waals surface area contributed by atoms with Crippen LogP contribution in [0.4, 0.5) is 0 Å². The molecular formula is C20H26O. The molecule has 21 heavy (non-hydrogen) atoms. The topological polar surface area (TPSA) is 9.23 Å². The molecule has 0 saturated heterocycles. The smallest absolute Gasteiger partial charge is 0.0720 e. The van der Waals surface area contributed by atoms with Crippen molar-refractivity contribution in [2.24, 2.45) is 0 Å². The fourth-order valence-corrected chi connectivity index (χ4v) is 1.81. The highest BCUT2D eigenvalue weighted by molar-refractivity contribution is 5.14. The van der Waals surface area contributed by atoms with Crippen molar-refractivity contribution in [2.45, 2.75) is 65.1 Å². The molecule has 0 heterocycles. The molecule has 1 aromatic carbocycles. The standard InChI is InChI=1S/C20H26O/c1-3-4-5-6-7-8-9-10-12-15-19(2)21-18-20-16-13-11-14-17-20/h11,13-14,16-17,19H,3-6,9,15,18H2,1-2H3. The van der Waals surface area contributed by atoms with Crippen molar-refractivity contribution >= 4 is 0 Å². The van der Waals surface area contributed by atoms with E-state index in [0.717, 1.165) is 12.8 Å². The molecule has 1 nitrogen and oxygen atoms in total. The second-order valence-corrected chi connectivity index (χ2v) is 5.15. The highest BCUT2D eigenvalue weighted by Gasteiger charge is 1.99. The van der Waals surface area contributed by atoms with E-state index in [2.05, 4.69) is 49.7 Å². The van der Waals surface area contributed by atoms with E-state index in [1.165, 1.54) is 24.8 Å². The van der Waals surface area contributed by atoms with Crippen molar-refractivity contribution in [3.05, 3.63) is 35.9 Å². The molecule has 0 aliphatic rings. The van der Waals surface area contributed by atoms with Crippen LogP contribution in [0.2, 0.25) is 0 Å². The van der Waals surface area contributed by atoms with Gasteiger partial charge in [0.25, 0.3) is 0 Å². The van der Waals surface area contributed by atoms with Crippen LogP contribution in [0, 0.1) is 23.7 Å². The number of benzene rings is 1. The third-order valence-corrected chi connectivity index (χ3v) is 3.10. The Hall–Kier alpha value is -1.70. The second kappa shape index (κ2) is 12.1. The summed E-state index contributed by atoms with van der Waals surface area (Å²) in [5.74, 6) is 12.5. The largest absolute Gasteiger partial charge is 0.373 e. The lowest BCUT2D eigenvalue weighted by Gasteiger charge is -2.09. The molecule has 0 saturated carbocycles. The van der Waals surface area contributed by atoms with Crippen LogP contribution >= 0.6 is 0 Å². The zero-order valence-electron chi connectivity index (χ0n) is 13.3. The van der Waals surface area contributed by atoms with Gasteiger partial charge in [-0.05, 0) is 18.9 Å². The summed E-state index contributed by atoms with van der Waals surface area (Å²) in [6.45, 7) is 4.93. The lowest BCUT2D eigenvalue weighted by atomic mass is 10.2. The second-order valence-electron chi connectivity index (χ2n) is 5.15. The Morgan fingerprint density at radius 3 is 2.52 bits per heavy atom. The minimum Gasteiger partial charge on any atom is -0.373 e. The van der Waals surface area contributed by atoms with Crippen molar-refractivity contribution in [1.82, 2.24) is 0 Å². The van der Waals surface area contributed by atoms with Crippen LogP contribution < -0.4 is 0 Å². The molecule has 0 radical (unpaired) electrons. The summed E-state index contributed by atoms with van der Waals surface area (Å²) in [4.78, 5) is 0. The van der Waals surface area contributed by atoms with Crippen molar-refractivity contribution in [3.63, 3.8) is 0 Å². The predicted octanol–water partition coefficient (Wildman–Crippen LogP) is 4.96. The molecule has 0 fully saturated rings. The lowest BCUT2D eigenvalue weighted by molar-refractivity contribution is 0.0566. The maximum absolute atomic E-state index is 5.76. The molecule has 0 aliphatic carbocycles. The number of rotatable bonds is 7. The first-order valence-corrected chi connectivity index (χ1v) is 7.90. The summed E-state index contributed by atoms with van der Waals surface area (Å²) in [5, 5.41) is 0. The highest BCUT2D eigenvalue weighted by atomic mass is 16.5. The molecule has 1 unspecified atom stereocenters. The Labute approximate surface area is 130 Å². The monoisotopic (exact) mass is 282 g/mol. The van der Waals surface area contributed by atoms with Gasteiger partial charge in [0.05, 0.1) is 19.1 Å². The Morgan fingerprint density at radius 2 is 1.76 bits per heavy atom. The van der Waals surface area contributed by atoms with E-state index < -0.39 is 0 Å². The summed E-state index contributed by atoms with van der Waals surface area (Å²) in [6.07, 6.45) is 6.35. The molecule has 1 atom stereocenters. The summed E-state index contributed by atoms with van der Waals surface area (Å²) in [7, 11) is 0. The van der Waals surface area contributed by atoms with Gasteiger partial charge in [-0.3, -0.25) is 0 Å². The van der Waals surface area contributed by atoms with E-state index in [1.807, 2.05) is 18.2 Å². The van der Waals surface area contributed by atoms with Crippen molar-refractivity contribution in [2.75, 3.05) is 0 Å². The fraction of sp³-hybridized carbons (Fsp3) is 0.500. The molecule has 0 aliphatic heterocycles. The van der Waals surface area contributed by atoms with Crippen LogP contribution in [-0.4, -0.2) is 6.10 Å². The van der Waals surface area contributed by atoms with Gasteiger partial charge in [-0.15, -0.1) is 5.92 Å². The first-order chi connectivity index (χ1) is 10.3. The van der Waals surface area contributed by atoms with E-state index in [0.29, 0.717) is 13.0 Å². The third-order valence-electron chi connectivity index (χ3n) is 3.10. The van der Waals surface area contributed by atoms with Crippen molar-refractivity contribution in [1.29, 1.82) is 0 Å². The van der Waals surface area contributed by atoms with E-state index in [4.69, 9.17) is 4.74 Å². The fourth-order valence-electron chi connectivity index (χ4n) is 1.81. The third kappa shape index (κ3) is 9.78. The molecule has 1 rings (SSSR count). The number of hydrogen-bond acceptors (Lipinski definition) is 1. The molecule has 0 spiro atoms. The van der Waals surface area contributed by atoms with Crippen LogP contribution in [0.3, 0.4) is 0 Å². The molecule has 0 bridgehead atoms. The minimum atomic E-state index is 0.162. The first-order valence-electron chi connectivity index (χ1n) is 7.90. The van der Waals surface area contributed by atoms with Gasteiger partial charge >= 0.3 is 0 Å². The maximum Gasteiger partial charge on any atom is 0.0720 e. The molecule has 112 valence electrons. The summed E-state index contributed by atoms with van der Waals surface area (Å²) < 4.78 is 5.76. The number of ether oxygens (including phenoxy) is 1. The van der Waals surface area contributed by atoms with Gasteiger partial charge in [0.1, 0.15) is 0 Å². The van der Waals surface area contributed by atoms with E-state index >= 15 is 0 Å². The Morgan fingerprint density at radius 1 is 1.00 bits per heavy atom. The Bertz CT molecular complexity index is 481. The normalized spacial score (nSPS) is 11.0. The van der Waals surface area contributed by atoms with E-state index in [-0.39, 0.29) is 6.10 Å². The summed E-state index contributed by atoms with van der Waals surface area (Å²) >= 11 is 0. The van der Waals surface area contributed by atoms with Crippen molar-refractivity contribution < 1.29 is 4.74 Å². The van der Waals surface area contributed by atoms with E-state index in [9.17, 15) is 0 Å². The number of hydrogen-bond donors (Lipinski definition) is 0. The van der Waals surface area contributed by atoms with Crippen LogP contribution in [-0.2, 0) is 11.3 Å². The van der Waals surface area contributed by atoms with Crippen LogP contribution in [0.15, 0.2) is 30.3 Å².